The number of nitrogens with zero attached hydrogens (tertiary/aromatic N) is 3. The summed E-state index contributed by atoms with van der Waals surface area (Å²) in [6.07, 6.45) is 1.43. The minimum Gasteiger partial charge on any atom is -0.395 e. The van der Waals surface area contributed by atoms with Crippen molar-refractivity contribution in [3.63, 3.8) is 0 Å². The Bertz CT molecular complexity index is 352. The quantitative estimate of drug-likeness (QED) is 0.515. The molecule has 0 atom stereocenters. The molecule has 1 rings (SSSR count). The van der Waals surface area contributed by atoms with Gasteiger partial charge < -0.3 is 15.1 Å². The summed E-state index contributed by atoms with van der Waals surface area (Å²) in [5, 5.41) is 28.4. The minimum absolute atomic E-state index is 0.135. The van der Waals surface area contributed by atoms with Gasteiger partial charge in [-0.05, 0) is 6.07 Å². The zero-order valence-electron chi connectivity index (χ0n) is 8.61. The smallest absolute Gasteiger partial charge is 0.311 e. The van der Waals surface area contributed by atoms with Crippen LogP contribution in [-0.2, 0) is 0 Å². The molecule has 0 amide bonds. The summed E-state index contributed by atoms with van der Waals surface area (Å²) in [5.74, 6) is 0.163. The number of anilines is 1. The number of aliphatic hydroxyl groups excluding tert-OH is 2. The fourth-order valence-electron chi connectivity index (χ4n) is 1.34. The number of aromatic nitrogens is 1. The number of hydrogen-bond donors (Lipinski definition) is 2. The SMILES string of the molecule is O=[N+]([O-])c1cccnc1N(CCO)CCO. The van der Waals surface area contributed by atoms with Crippen LogP contribution in [0, 0.1) is 10.1 Å². The van der Waals surface area contributed by atoms with Gasteiger partial charge in [-0.25, -0.2) is 4.98 Å². The average molecular weight is 227 g/mol. The zero-order valence-corrected chi connectivity index (χ0v) is 8.61. The molecule has 7 heteroatoms. The van der Waals surface area contributed by atoms with Crippen LogP contribution in [0.5, 0.6) is 0 Å². The van der Waals surface area contributed by atoms with Crippen LogP contribution in [0.3, 0.4) is 0 Å². The Morgan fingerprint density at radius 1 is 1.38 bits per heavy atom. The lowest BCUT2D eigenvalue weighted by atomic mass is 10.3. The van der Waals surface area contributed by atoms with Gasteiger partial charge in [0.2, 0.25) is 5.82 Å². The van der Waals surface area contributed by atoms with E-state index in [1.807, 2.05) is 0 Å². The third kappa shape index (κ3) is 2.88. The van der Waals surface area contributed by atoms with E-state index < -0.39 is 4.92 Å². The van der Waals surface area contributed by atoms with Gasteiger partial charge in [-0.15, -0.1) is 0 Å². The molecule has 0 fully saturated rings. The van der Waals surface area contributed by atoms with Gasteiger partial charge in [0.25, 0.3) is 0 Å². The van der Waals surface area contributed by atoms with Crippen LogP contribution in [0.15, 0.2) is 18.3 Å². The molecule has 1 heterocycles. The number of nitro groups is 1. The molecule has 0 aromatic carbocycles. The maximum Gasteiger partial charge on any atom is 0.311 e. The fraction of sp³-hybridized carbons (Fsp3) is 0.444. The second-order valence-electron chi connectivity index (χ2n) is 3.04. The van der Waals surface area contributed by atoms with E-state index in [2.05, 4.69) is 4.98 Å². The van der Waals surface area contributed by atoms with Crippen LogP contribution in [0.25, 0.3) is 0 Å². The molecule has 0 aliphatic heterocycles. The highest BCUT2D eigenvalue weighted by atomic mass is 16.6. The Morgan fingerprint density at radius 2 is 2.00 bits per heavy atom. The molecular weight excluding hydrogens is 214 g/mol. The van der Waals surface area contributed by atoms with E-state index in [4.69, 9.17) is 10.2 Å². The monoisotopic (exact) mass is 227 g/mol. The first-order valence-electron chi connectivity index (χ1n) is 4.76. The summed E-state index contributed by atoms with van der Waals surface area (Å²) in [4.78, 5) is 15.6. The molecule has 0 saturated carbocycles. The summed E-state index contributed by atoms with van der Waals surface area (Å²) in [6, 6.07) is 2.81. The normalized spacial score (nSPS) is 10.1. The standard InChI is InChI=1S/C9H13N3O4/c13-6-4-11(5-7-14)9-8(12(15)16)2-1-3-10-9/h1-3,13-14H,4-7H2. The Morgan fingerprint density at radius 3 is 2.50 bits per heavy atom. The van der Waals surface area contributed by atoms with Crippen molar-refractivity contribution in [2.45, 2.75) is 0 Å². The Kier molecular flexibility index (Phi) is 4.62. The van der Waals surface area contributed by atoms with Crippen molar-refractivity contribution in [3.8, 4) is 0 Å². The minimum atomic E-state index is -0.538. The van der Waals surface area contributed by atoms with Gasteiger partial charge in [0, 0.05) is 25.4 Å². The maximum atomic E-state index is 10.7. The van der Waals surface area contributed by atoms with Gasteiger partial charge in [0.15, 0.2) is 0 Å². The van der Waals surface area contributed by atoms with E-state index in [-0.39, 0.29) is 37.8 Å². The molecular formula is C9H13N3O4. The van der Waals surface area contributed by atoms with Gasteiger partial charge in [-0.3, -0.25) is 10.1 Å². The largest absolute Gasteiger partial charge is 0.395 e. The molecule has 0 aliphatic carbocycles. The van der Waals surface area contributed by atoms with Crippen LogP contribution in [0.2, 0.25) is 0 Å². The van der Waals surface area contributed by atoms with E-state index >= 15 is 0 Å². The summed E-state index contributed by atoms with van der Waals surface area (Å²) in [6.45, 7) is 0.0677. The van der Waals surface area contributed by atoms with Crippen molar-refractivity contribution in [1.29, 1.82) is 0 Å². The third-order valence-electron chi connectivity index (χ3n) is 2.00. The van der Waals surface area contributed by atoms with Gasteiger partial charge in [-0.2, -0.15) is 0 Å². The second kappa shape index (κ2) is 5.99. The highest BCUT2D eigenvalue weighted by Gasteiger charge is 2.19. The van der Waals surface area contributed by atoms with Crippen LogP contribution in [0.4, 0.5) is 11.5 Å². The lowest BCUT2D eigenvalue weighted by Crippen LogP contribution is -2.31. The summed E-state index contributed by atoms with van der Waals surface area (Å²) < 4.78 is 0. The van der Waals surface area contributed by atoms with Gasteiger partial charge in [-0.1, -0.05) is 0 Å². The average Bonchev–Trinajstić information content (AvgIpc) is 2.29. The summed E-state index contributed by atoms with van der Waals surface area (Å²) >= 11 is 0. The van der Waals surface area contributed by atoms with E-state index in [1.54, 1.807) is 0 Å². The Labute approximate surface area is 92.1 Å². The molecule has 88 valence electrons. The lowest BCUT2D eigenvalue weighted by molar-refractivity contribution is -0.384. The molecule has 0 aliphatic rings. The molecule has 2 N–H and O–H groups in total. The molecule has 0 saturated heterocycles. The fourth-order valence-corrected chi connectivity index (χ4v) is 1.34. The third-order valence-corrected chi connectivity index (χ3v) is 2.00. The van der Waals surface area contributed by atoms with Crippen molar-refractivity contribution in [2.24, 2.45) is 0 Å². The molecule has 1 aromatic heterocycles. The highest BCUT2D eigenvalue weighted by Crippen LogP contribution is 2.24. The predicted molar refractivity (Wildman–Crippen MR) is 57.3 cm³/mol. The van der Waals surface area contributed by atoms with Crippen LogP contribution >= 0.6 is 0 Å². The van der Waals surface area contributed by atoms with Crippen molar-refractivity contribution < 1.29 is 15.1 Å². The van der Waals surface area contributed by atoms with Gasteiger partial charge in [0.1, 0.15) is 0 Å². The number of rotatable bonds is 6. The van der Waals surface area contributed by atoms with E-state index in [1.165, 1.54) is 23.2 Å². The topological polar surface area (TPSA) is 99.7 Å². The molecule has 7 nitrogen and oxygen atoms in total. The van der Waals surface area contributed by atoms with Gasteiger partial charge in [0.05, 0.1) is 18.1 Å². The lowest BCUT2D eigenvalue weighted by Gasteiger charge is -2.20. The van der Waals surface area contributed by atoms with Crippen LogP contribution in [-0.4, -0.2) is 46.4 Å². The van der Waals surface area contributed by atoms with Gasteiger partial charge >= 0.3 is 5.69 Å². The van der Waals surface area contributed by atoms with Crippen LogP contribution < -0.4 is 4.90 Å². The first-order chi connectivity index (χ1) is 7.70. The summed E-state index contributed by atoms with van der Waals surface area (Å²) in [5.41, 5.74) is -0.135. The van der Waals surface area contributed by atoms with Crippen molar-refractivity contribution in [3.05, 3.63) is 28.4 Å². The maximum absolute atomic E-state index is 10.7. The Balaban J connectivity index is 3.02. The number of hydrogen-bond acceptors (Lipinski definition) is 6. The molecule has 0 radical (unpaired) electrons. The molecule has 1 aromatic rings. The zero-order chi connectivity index (χ0) is 12.0. The number of pyridine rings is 1. The van der Waals surface area contributed by atoms with Crippen molar-refractivity contribution in [1.82, 2.24) is 4.98 Å². The molecule has 0 bridgehead atoms. The van der Waals surface area contributed by atoms with E-state index in [0.29, 0.717) is 0 Å². The van der Waals surface area contributed by atoms with E-state index in [9.17, 15) is 10.1 Å². The van der Waals surface area contributed by atoms with E-state index in [0.717, 1.165) is 0 Å². The predicted octanol–water partition coefficient (Wildman–Crippen LogP) is -0.219. The van der Waals surface area contributed by atoms with Crippen LogP contribution in [0.1, 0.15) is 0 Å². The Hall–Kier alpha value is -1.73. The summed E-state index contributed by atoms with van der Waals surface area (Å²) in [7, 11) is 0. The second-order valence-corrected chi connectivity index (χ2v) is 3.04. The first kappa shape index (κ1) is 12.3. The number of aliphatic hydroxyl groups is 2. The molecule has 0 spiro atoms. The molecule has 0 unspecified atom stereocenters. The first-order valence-corrected chi connectivity index (χ1v) is 4.76. The van der Waals surface area contributed by atoms with Crippen molar-refractivity contribution >= 4 is 11.5 Å². The highest BCUT2D eigenvalue weighted by molar-refractivity contribution is 5.57. The molecule has 16 heavy (non-hydrogen) atoms. The van der Waals surface area contributed by atoms with Crippen molar-refractivity contribution in [2.75, 3.05) is 31.2 Å².